The molecule has 3 aromatic heterocycles. The summed E-state index contributed by atoms with van der Waals surface area (Å²) >= 11 is 0. The van der Waals surface area contributed by atoms with E-state index in [2.05, 4.69) is 25.8 Å². The van der Waals surface area contributed by atoms with Crippen LogP contribution in [0.1, 0.15) is 11.3 Å². The predicted molar refractivity (Wildman–Crippen MR) is 148 cm³/mol. The van der Waals surface area contributed by atoms with Gasteiger partial charge in [-0.2, -0.15) is 15.8 Å². The van der Waals surface area contributed by atoms with E-state index in [1.165, 1.54) is 24.3 Å². The molecular weight excluding hydrogens is 570 g/mol. The molecule has 5 aromatic rings. The molecule has 43 heavy (non-hydrogen) atoms. The van der Waals surface area contributed by atoms with Gasteiger partial charge in [0, 0.05) is 16.2 Å². The molecule has 0 fully saturated rings. The Bertz CT molecular complexity index is 2300. The van der Waals surface area contributed by atoms with Crippen LogP contribution < -0.4 is 50.0 Å². The number of pyridine rings is 3. The Kier molecular flexibility index (Phi) is 6.45. The quantitative estimate of drug-likeness (QED) is 0.0663. The van der Waals surface area contributed by atoms with Crippen molar-refractivity contribution >= 4 is 67.2 Å². The Balaban J connectivity index is 1.74. The minimum atomic E-state index is -1.93. The van der Waals surface area contributed by atoms with E-state index in [-0.39, 0.29) is 56.2 Å². The molecule has 0 amide bonds. The van der Waals surface area contributed by atoms with E-state index in [4.69, 9.17) is 33.9 Å². The molecule has 0 aliphatic heterocycles. The number of nitrogens with zero attached hydrogens (tertiary/aromatic N) is 6. The SMILES string of the molecule is N#CC(N)=c1c(F)c(F)c(=C(N)NNc2cc3c4cc(N)c(N)nc4c4nc(C#N)c(C#N)cc4c3nc2N)c(F)c1F. The van der Waals surface area contributed by atoms with E-state index in [0.29, 0.717) is 10.8 Å². The highest BCUT2D eigenvalue weighted by Gasteiger charge is 2.22. The van der Waals surface area contributed by atoms with Crippen LogP contribution in [0.25, 0.3) is 44.2 Å². The highest BCUT2D eigenvalue weighted by atomic mass is 19.2. The third-order valence-corrected chi connectivity index (χ3v) is 6.41. The number of benzene rings is 2. The first kappa shape index (κ1) is 27.8. The van der Waals surface area contributed by atoms with E-state index < -0.39 is 45.2 Å². The van der Waals surface area contributed by atoms with Crippen molar-refractivity contribution in [2.24, 2.45) is 11.5 Å². The molecule has 0 aliphatic rings. The summed E-state index contributed by atoms with van der Waals surface area (Å²) in [5, 5.41) is 26.1. The summed E-state index contributed by atoms with van der Waals surface area (Å²) in [7, 11) is 0. The van der Waals surface area contributed by atoms with E-state index in [1.807, 2.05) is 12.1 Å². The number of hydrogen-bond donors (Lipinski definition) is 7. The number of anilines is 4. The van der Waals surface area contributed by atoms with Gasteiger partial charge in [-0.1, -0.05) is 0 Å². The van der Waals surface area contributed by atoms with Gasteiger partial charge >= 0.3 is 0 Å². The number of nitrogens with one attached hydrogen (secondary N) is 2. The summed E-state index contributed by atoms with van der Waals surface area (Å²) < 4.78 is 58.4. The summed E-state index contributed by atoms with van der Waals surface area (Å²) in [5.74, 6) is -8.86. The van der Waals surface area contributed by atoms with Gasteiger partial charge in [0.2, 0.25) is 0 Å². The molecule has 5 rings (SSSR count). The minimum absolute atomic E-state index is 0.0333. The predicted octanol–water partition coefficient (Wildman–Crippen LogP) is 0.609. The van der Waals surface area contributed by atoms with Crippen molar-refractivity contribution in [3.63, 3.8) is 0 Å². The maximum absolute atomic E-state index is 14.7. The van der Waals surface area contributed by atoms with Crippen molar-refractivity contribution in [2.45, 2.75) is 0 Å². The maximum Gasteiger partial charge on any atom is 0.173 e. The van der Waals surface area contributed by atoms with E-state index >= 15 is 0 Å². The van der Waals surface area contributed by atoms with Gasteiger partial charge in [-0.25, -0.2) is 32.5 Å². The van der Waals surface area contributed by atoms with Crippen LogP contribution in [0.2, 0.25) is 0 Å². The largest absolute Gasteiger partial charge is 0.396 e. The van der Waals surface area contributed by atoms with Crippen LogP contribution in [0.5, 0.6) is 0 Å². The molecule has 17 heteroatoms. The number of halogens is 4. The van der Waals surface area contributed by atoms with Gasteiger partial charge in [-0.3, -0.25) is 10.9 Å². The highest BCUT2D eigenvalue weighted by Crippen LogP contribution is 2.37. The Morgan fingerprint density at radius 2 is 1.28 bits per heavy atom. The zero-order valence-corrected chi connectivity index (χ0v) is 21.3. The lowest BCUT2D eigenvalue weighted by Gasteiger charge is -2.16. The summed E-state index contributed by atoms with van der Waals surface area (Å²) in [5.41, 5.74) is 33.0. The van der Waals surface area contributed by atoms with Gasteiger partial charge in [0.1, 0.15) is 46.9 Å². The average molecular weight is 585 g/mol. The number of rotatable bonds is 3. The van der Waals surface area contributed by atoms with Gasteiger partial charge in [0.05, 0.1) is 38.4 Å². The lowest BCUT2D eigenvalue weighted by molar-refractivity contribution is 0.433. The molecule has 0 unspecified atom stereocenters. The number of hydrazine groups is 1. The van der Waals surface area contributed by atoms with Crippen molar-refractivity contribution < 1.29 is 17.6 Å². The Morgan fingerprint density at radius 1 is 0.698 bits per heavy atom. The van der Waals surface area contributed by atoms with Crippen LogP contribution in [-0.4, -0.2) is 15.0 Å². The third-order valence-electron chi connectivity index (χ3n) is 6.41. The topological polar surface area (TPSA) is 264 Å². The van der Waals surface area contributed by atoms with Crippen molar-refractivity contribution in [2.75, 3.05) is 22.6 Å². The van der Waals surface area contributed by atoms with Crippen LogP contribution in [0, 0.1) is 57.3 Å². The second kappa shape index (κ2) is 9.99. The zero-order valence-electron chi connectivity index (χ0n) is 21.3. The summed E-state index contributed by atoms with van der Waals surface area (Å²) in [6, 6.07) is 9.23. The summed E-state index contributed by atoms with van der Waals surface area (Å²) in [6.45, 7) is 0. The molecule has 2 aromatic carbocycles. The van der Waals surface area contributed by atoms with Gasteiger partial charge < -0.3 is 28.7 Å². The fourth-order valence-corrected chi connectivity index (χ4v) is 4.37. The van der Waals surface area contributed by atoms with Crippen molar-refractivity contribution in [1.82, 2.24) is 20.4 Å². The number of nitrogen functional groups attached to an aromatic ring is 3. The second-order valence-electron chi connectivity index (χ2n) is 8.88. The number of nitrogens with two attached hydrogens (primary N) is 5. The summed E-state index contributed by atoms with van der Waals surface area (Å²) in [4.78, 5) is 13.0. The maximum atomic E-state index is 14.7. The first-order valence-electron chi connectivity index (χ1n) is 11.7. The van der Waals surface area contributed by atoms with Gasteiger partial charge in [0.25, 0.3) is 0 Å². The molecule has 3 heterocycles. The smallest absolute Gasteiger partial charge is 0.173 e. The number of hydrogen-bond acceptors (Lipinski definition) is 13. The molecule has 0 spiro atoms. The van der Waals surface area contributed by atoms with Crippen LogP contribution >= 0.6 is 0 Å². The Morgan fingerprint density at radius 3 is 1.88 bits per heavy atom. The first-order chi connectivity index (χ1) is 20.4. The third kappa shape index (κ3) is 4.19. The first-order valence-corrected chi connectivity index (χ1v) is 11.7. The van der Waals surface area contributed by atoms with Crippen molar-refractivity contribution in [3.05, 3.63) is 63.2 Å². The molecule has 0 aliphatic carbocycles. The van der Waals surface area contributed by atoms with Crippen LogP contribution in [0.3, 0.4) is 0 Å². The molecule has 0 saturated carbocycles. The molecule has 0 atom stereocenters. The van der Waals surface area contributed by atoms with E-state index in [9.17, 15) is 28.1 Å². The summed E-state index contributed by atoms with van der Waals surface area (Å²) in [6.07, 6.45) is 0. The lowest BCUT2D eigenvalue weighted by atomic mass is 10.0. The van der Waals surface area contributed by atoms with Gasteiger partial charge in [-0.15, -0.1) is 0 Å². The number of fused-ring (bicyclic) bond motifs is 6. The minimum Gasteiger partial charge on any atom is -0.396 e. The van der Waals surface area contributed by atoms with Crippen LogP contribution in [-0.2, 0) is 0 Å². The number of nitriles is 3. The Labute approximate surface area is 236 Å². The van der Waals surface area contributed by atoms with Crippen molar-refractivity contribution in [1.29, 1.82) is 15.8 Å². The molecule has 0 saturated heterocycles. The average Bonchev–Trinajstić information content (AvgIpc) is 2.99. The monoisotopic (exact) mass is 585 g/mol. The lowest BCUT2D eigenvalue weighted by Crippen LogP contribution is -2.39. The molecule has 13 nitrogen and oxygen atoms in total. The van der Waals surface area contributed by atoms with Crippen LogP contribution in [0.4, 0.5) is 40.6 Å². The fraction of sp³-hybridized carbons (Fsp3) is 0. The van der Waals surface area contributed by atoms with Gasteiger partial charge in [-0.05, 0) is 18.2 Å². The number of aromatic nitrogens is 3. The molecule has 0 radical (unpaired) electrons. The Hall–Kier alpha value is -6.80. The normalized spacial score (nSPS) is 10.7. The van der Waals surface area contributed by atoms with Gasteiger partial charge in [0.15, 0.2) is 29.0 Å². The molecule has 12 N–H and O–H groups in total. The standard InChI is InChI=1S/C26H15F4N13/c27-17-15(12(35)5-32)18(28)20(30)16(19(17)29)26(38)43-42-13-3-9-8-2-11(34)24(36)41-22(8)23-10(21(9)40-25(13)37)1-7(4-31)14(6-33)39-23/h1-3,42-43H,34-35,38H2,(H2,36,41)(H2,37,40). The highest BCUT2D eigenvalue weighted by molar-refractivity contribution is 6.23. The second-order valence-corrected chi connectivity index (χ2v) is 8.88. The molecule has 0 bridgehead atoms. The van der Waals surface area contributed by atoms with E-state index in [1.54, 1.807) is 0 Å². The van der Waals surface area contributed by atoms with Crippen LogP contribution in [0.15, 0.2) is 18.2 Å². The fourth-order valence-electron chi connectivity index (χ4n) is 4.37. The van der Waals surface area contributed by atoms with Crippen molar-refractivity contribution in [3.8, 4) is 18.2 Å². The zero-order chi connectivity index (χ0) is 31.3. The molecular formula is C26H15F4N13. The van der Waals surface area contributed by atoms with E-state index in [0.717, 1.165) is 0 Å². The molecule has 212 valence electrons.